The van der Waals surface area contributed by atoms with Crippen LogP contribution in [0.5, 0.6) is 11.5 Å². The summed E-state index contributed by atoms with van der Waals surface area (Å²) in [5.74, 6) is 1.97. The lowest BCUT2D eigenvalue weighted by atomic mass is 10.2. The van der Waals surface area contributed by atoms with Crippen LogP contribution >= 0.6 is 24.0 Å². The van der Waals surface area contributed by atoms with Crippen LogP contribution in [0.4, 0.5) is 10.5 Å². The molecule has 0 aliphatic heterocycles. The van der Waals surface area contributed by atoms with E-state index >= 15 is 0 Å². The van der Waals surface area contributed by atoms with E-state index in [0.29, 0.717) is 37.2 Å². The third-order valence-electron chi connectivity index (χ3n) is 3.26. The Kier molecular flexibility index (Phi) is 12.4. The molecule has 0 unspecified atom stereocenters. The van der Waals surface area contributed by atoms with Gasteiger partial charge in [-0.2, -0.15) is 0 Å². The molecule has 9 heteroatoms. The van der Waals surface area contributed by atoms with E-state index in [1.807, 2.05) is 45.9 Å². The normalized spacial score (nSPS) is 11.1. The predicted molar refractivity (Wildman–Crippen MR) is 123 cm³/mol. The number of rotatable bonds is 8. The van der Waals surface area contributed by atoms with Crippen LogP contribution in [0.15, 0.2) is 23.2 Å². The van der Waals surface area contributed by atoms with E-state index in [9.17, 15) is 4.79 Å². The molecule has 1 amide bonds. The second-order valence-corrected chi connectivity index (χ2v) is 6.70. The van der Waals surface area contributed by atoms with Gasteiger partial charge in [-0.1, -0.05) is 0 Å². The Hall–Kier alpha value is -1.91. The van der Waals surface area contributed by atoms with Gasteiger partial charge in [-0.15, -0.1) is 24.0 Å². The van der Waals surface area contributed by atoms with Crippen LogP contribution in [0.3, 0.4) is 0 Å². The van der Waals surface area contributed by atoms with E-state index in [2.05, 4.69) is 20.9 Å². The van der Waals surface area contributed by atoms with Gasteiger partial charge in [0.25, 0.3) is 0 Å². The highest BCUT2D eigenvalue weighted by Gasteiger charge is 2.15. The van der Waals surface area contributed by atoms with Crippen LogP contribution in [0, 0.1) is 0 Å². The van der Waals surface area contributed by atoms with Crippen molar-refractivity contribution in [2.45, 2.75) is 39.7 Å². The maximum absolute atomic E-state index is 11.6. The summed E-state index contributed by atoms with van der Waals surface area (Å²) in [7, 11) is 3.30. The Balaban J connectivity index is 0.00000729. The number of aliphatic imine (C=N–C) groups is 1. The summed E-state index contributed by atoms with van der Waals surface area (Å²) in [5.41, 5.74) is 0.340. The SMILES string of the molecule is CCOc1cc(NC(=NC)NCCCNC(=O)OC(C)(C)C)ccc1OC.I. The molecule has 0 spiro atoms. The molecule has 0 radical (unpaired) electrons. The number of methoxy groups -OCH3 is 1. The Labute approximate surface area is 184 Å². The molecule has 0 saturated heterocycles. The largest absolute Gasteiger partial charge is 0.493 e. The highest BCUT2D eigenvalue weighted by Crippen LogP contribution is 2.30. The predicted octanol–water partition coefficient (Wildman–Crippen LogP) is 3.61. The maximum Gasteiger partial charge on any atom is 0.407 e. The molecule has 3 N–H and O–H groups in total. The highest BCUT2D eigenvalue weighted by molar-refractivity contribution is 14.0. The minimum atomic E-state index is -0.493. The van der Waals surface area contributed by atoms with Gasteiger partial charge in [0.1, 0.15) is 5.60 Å². The maximum atomic E-state index is 11.6. The van der Waals surface area contributed by atoms with Gasteiger partial charge in [0.2, 0.25) is 0 Å². The first kappa shape index (κ1) is 26.1. The molecular formula is C19H33IN4O4. The molecular weight excluding hydrogens is 475 g/mol. The zero-order valence-corrected chi connectivity index (χ0v) is 19.9. The minimum Gasteiger partial charge on any atom is -0.493 e. The lowest BCUT2D eigenvalue weighted by molar-refractivity contribution is 0.0527. The van der Waals surface area contributed by atoms with E-state index in [1.54, 1.807) is 14.2 Å². The van der Waals surface area contributed by atoms with E-state index in [4.69, 9.17) is 14.2 Å². The molecule has 0 aliphatic rings. The molecule has 0 aliphatic carbocycles. The molecule has 0 heterocycles. The molecule has 160 valence electrons. The fourth-order valence-corrected chi connectivity index (χ4v) is 2.14. The topological polar surface area (TPSA) is 93.2 Å². The van der Waals surface area contributed by atoms with Crippen molar-refractivity contribution in [3.05, 3.63) is 18.2 Å². The first-order valence-electron chi connectivity index (χ1n) is 9.04. The molecule has 1 aromatic rings. The van der Waals surface area contributed by atoms with Gasteiger partial charge in [-0.25, -0.2) is 4.79 Å². The first-order valence-corrected chi connectivity index (χ1v) is 9.04. The number of ether oxygens (including phenoxy) is 3. The van der Waals surface area contributed by atoms with Crippen molar-refractivity contribution in [3.63, 3.8) is 0 Å². The summed E-state index contributed by atoms with van der Waals surface area (Å²) < 4.78 is 16.0. The number of nitrogens with zero attached hydrogens (tertiary/aromatic N) is 1. The van der Waals surface area contributed by atoms with Crippen molar-refractivity contribution in [2.75, 3.05) is 39.2 Å². The van der Waals surface area contributed by atoms with Crippen molar-refractivity contribution in [3.8, 4) is 11.5 Å². The van der Waals surface area contributed by atoms with Crippen molar-refractivity contribution in [1.82, 2.24) is 10.6 Å². The van der Waals surface area contributed by atoms with Gasteiger partial charge in [-0.3, -0.25) is 4.99 Å². The zero-order valence-electron chi connectivity index (χ0n) is 17.5. The van der Waals surface area contributed by atoms with Crippen LogP contribution in [0.25, 0.3) is 0 Å². The van der Waals surface area contributed by atoms with Crippen molar-refractivity contribution >= 4 is 41.7 Å². The molecule has 0 aromatic heterocycles. The Bertz CT molecular complexity index is 633. The third-order valence-corrected chi connectivity index (χ3v) is 3.26. The number of hydrogen-bond acceptors (Lipinski definition) is 5. The number of alkyl carbamates (subject to hydrolysis) is 1. The van der Waals surface area contributed by atoms with E-state index in [0.717, 1.165) is 12.1 Å². The van der Waals surface area contributed by atoms with Gasteiger partial charge < -0.3 is 30.2 Å². The standard InChI is InChI=1S/C19H32N4O4.HI/c1-7-26-16-13-14(9-10-15(16)25-6)23-17(20-5)21-11-8-12-22-18(24)27-19(2,3)4;/h9-10,13H,7-8,11-12H2,1-6H3,(H,22,24)(H2,20,21,23);1H. The van der Waals surface area contributed by atoms with E-state index in [1.165, 1.54) is 0 Å². The average Bonchev–Trinajstić information content (AvgIpc) is 2.59. The van der Waals surface area contributed by atoms with Crippen molar-refractivity contribution < 1.29 is 19.0 Å². The van der Waals surface area contributed by atoms with Gasteiger partial charge in [-0.05, 0) is 46.2 Å². The molecule has 1 rings (SSSR count). The van der Waals surface area contributed by atoms with Gasteiger partial charge >= 0.3 is 6.09 Å². The number of amides is 1. The Morgan fingerprint density at radius 2 is 1.82 bits per heavy atom. The number of nitrogens with one attached hydrogen (secondary N) is 3. The quantitative estimate of drug-likeness (QED) is 0.215. The molecule has 0 atom stereocenters. The van der Waals surface area contributed by atoms with Crippen LogP contribution in [0.2, 0.25) is 0 Å². The second kappa shape index (κ2) is 13.3. The summed E-state index contributed by atoms with van der Waals surface area (Å²) in [5, 5.41) is 9.12. The minimum absolute atomic E-state index is 0. The van der Waals surface area contributed by atoms with Gasteiger partial charge in [0, 0.05) is 31.9 Å². The fraction of sp³-hybridized carbons (Fsp3) is 0.579. The average molecular weight is 508 g/mol. The van der Waals surface area contributed by atoms with E-state index < -0.39 is 11.7 Å². The lowest BCUT2D eigenvalue weighted by Gasteiger charge is -2.19. The second-order valence-electron chi connectivity index (χ2n) is 6.70. The van der Waals surface area contributed by atoms with Gasteiger partial charge in [0.05, 0.1) is 13.7 Å². The third kappa shape index (κ3) is 10.4. The van der Waals surface area contributed by atoms with Crippen molar-refractivity contribution in [2.24, 2.45) is 4.99 Å². The number of guanidine groups is 1. The molecule has 28 heavy (non-hydrogen) atoms. The number of carbonyl (C=O) groups excluding carboxylic acids is 1. The Morgan fingerprint density at radius 1 is 1.14 bits per heavy atom. The molecule has 1 aromatic carbocycles. The van der Waals surface area contributed by atoms with Crippen molar-refractivity contribution in [1.29, 1.82) is 0 Å². The monoisotopic (exact) mass is 508 g/mol. The highest BCUT2D eigenvalue weighted by atomic mass is 127. The van der Waals surface area contributed by atoms with E-state index in [-0.39, 0.29) is 24.0 Å². The number of carbonyl (C=O) groups is 1. The summed E-state index contributed by atoms with van der Waals surface area (Å²) in [6, 6.07) is 5.59. The van der Waals surface area contributed by atoms with Crippen LogP contribution < -0.4 is 25.4 Å². The molecule has 0 bridgehead atoms. The first-order chi connectivity index (χ1) is 12.8. The number of anilines is 1. The molecule has 8 nitrogen and oxygen atoms in total. The number of benzene rings is 1. The van der Waals surface area contributed by atoms with Crippen LogP contribution in [0.1, 0.15) is 34.1 Å². The molecule has 0 fully saturated rings. The number of hydrogen-bond donors (Lipinski definition) is 3. The number of halogens is 1. The summed E-state index contributed by atoms with van der Waals surface area (Å²) in [6.45, 7) is 9.13. The smallest absolute Gasteiger partial charge is 0.407 e. The fourth-order valence-electron chi connectivity index (χ4n) is 2.14. The van der Waals surface area contributed by atoms with Crippen LogP contribution in [-0.4, -0.2) is 51.5 Å². The zero-order chi connectivity index (χ0) is 20.3. The summed E-state index contributed by atoms with van der Waals surface area (Å²) >= 11 is 0. The van der Waals surface area contributed by atoms with Crippen LogP contribution in [-0.2, 0) is 4.74 Å². The summed E-state index contributed by atoms with van der Waals surface area (Å²) in [4.78, 5) is 15.8. The Morgan fingerprint density at radius 3 is 2.39 bits per heavy atom. The summed E-state index contributed by atoms with van der Waals surface area (Å²) in [6.07, 6.45) is 0.318. The lowest BCUT2D eigenvalue weighted by Crippen LogP contribution is -2.35. The molecule has 0 saturated carbocycles. The van der Waals surface area contributed by atoms with Gasteiger partial charge in [0.15, 0.2) is 17.5 Å².